The first-order valence-electron chi connectivity index (χ1n) is 7.93. The molecular weight excluding hydrogens is 312 g/mol. The van der Waals surface area contributed by atoms with E-state index in [2.05, 4.69) is 10.3 Å². The number of hydrogen-bond donors (Lipinski definition) is 2. The number of carbonyl (C=O) groups is 1. The van der Waals surface area contributed by atoms with Gasteiger partial charge in [0.2, 0.25) is 0 Å². The van der Waals surface area contributed by atoms with Crippen molar-refractivity contribution in [1.82, 2.24) is 4.98 Å². The third-order valence-electron chi connectivity index (χ3n) is 3.96. The average Bonchev–Trinajstić information content (AvgIpc) is 2.64. The lowest BCUT2D eigenvalue weighted by atomic mass is 10.1. The highest BCUT2D eigenvalue weighted by Gasteiger charge is 2.10. The van der Waals surface area contributed by atoms with Crippen molar-refractivity contribution in [1.29, 1.82) is 0 Å². The number of hydrogen-bond acceptors (Lipinski definition) is 4. The van der Waals surface area contributed by atoms with E-state index < -0.39 is 0 Å². The summed E-state index contributed by atoms with van der Waals surface area (Å²) in [7, 11) is 3.92. The van der Waals surface area contributed by atoms with Crippen LogP contribution >= 0.6 is 0 Å². The van der Waals surface area contributed by atoms with Gasteiger partial charge in [-0.2, -0.15) is 0 Å². The predicted molar refractivity (Wildman–Crippen MR) is 103 cm³/mol. The maximum Gasteiger partial charge on any atom is 0.255 e. The van der Waals surface area contributed by atoms with Gasteiger partial charge in [0.1, 0.15) is 0 Å². The van der Waals surface area contributed by atoms with Crippen LogP contribution in [0.1, 0.15) is 10.4 Å². The van der Waals surface area contributed by atoms with Crippen LogP contribution in [0.5, 0.6) is 0 Å². The molecule has 0 saturated heterocycles. The zero-order valence-electron chi connectivity index (χ0n) is 14.2. The third kappa shape index (κ3) is 3.77. The number of nitrogen functional groups attached to an aromatic ring is 1. The molecule has 2 aromatic carbocycles. The molecule has 0 spiro atoms. The highest BCUT2D eigenvalue weighted by atomic mass is 16.1. The molecule has 5 nitrogen and oxygen atoms in total. The summed E-state index contributed by atoms with van der Waals surface area (Å²) >= 11 is 0. The van der Waals surface area contributed by atoms with Gasteiger partial charge in [0.15, 0.2) is 0 Å². The van der Waals surface area contributed by atoms with Gasteiger partial charge in [-0.25, -0.2) is 0 Å². The molecule has 0 saturated carbocycles. The van der Waals surface area contributed by atoms with E-state index >= 15 is 0 Å². The summed E-state index contributed by atoms with van der Waals surface area (Å²) in [6.45, 7) is 0. The molecule has 0 radical (unpaired) electrons. The van der Waals surface area contributed by atoms with Crippen LogP contribution in [0.2, 0.25) is 0 Å². The molecule has 3 rings (SSSR count). The largest absolute Gasteiger partial charge is 0.397 e. The van der Waals surface area contributed by atoms with E-state index in [-0.39, 0.29) is 5.91 Å². The number of nitrogens with one attached hydrogen (secondary N) is 1. The first kappa shape index (κ1) is 16.5. The monoisotopic (exact) mass is 332 g/mol. The second-order valence-electron chi connectivity index (χ2n) is 5.93. The first-order valence-corrected chi connectivity index (χ1v) is 7.93. The Balaban J connectivity index is 1.83. The summed E-state index contributed by atoms with van der Waals surface area (Å²) in [6, 6.07) is 16.8. The minimum absolute atomic E-state index is 0.191. The highest BCUT2D eigenvalue weighted by molar-refractivity contribution is 6.06. The van der Waals surface area contributed by atoms with E-state index in [4.69, 9.17) is 5.73 Å². The van der Waals surface area contributed by atoms with Crippen LogP contribution in [0.4, 0.5) is 17.1 Å². The van der Waals surface area contributed by atoms with E-state index in [1.165, 1.54) is 0 Å². The first-order chi connectivity index (χ1) is 12.0. The standard InChI is InChI=1S/C20H20N4O/c1-24(2)17-6-3-15(4-7-17)20(25)23-19-13-16(5-8-18(19)21)14-9-11-22-12-10-14/h3-13H,21H2,1-2H3,(H,23,25). The molecule has 0 unspecified atom stereocenters. The van der Waals surface area contributed by atoms with E-state index in [9.17, 15) is 4.79 Å². The number of rotatable bonds is 4. The topological polar surface area (TPSA) is 71.2 Å². The summed E-state index contributed by atoms with van der Waals surface area (Å²) in [5.41, 5.74) is 10.7. The normalized spacial score (nSPS) is 10.3. The number of nitrogens with zero attached hydrogens (tertiary/aromatic N) is 2. The zero-order chi connectivity index (χ0) is 17.8. The second-order valence-corrected chi connectivity index (χ2v) is 5.93. The maximum absolute atomic E-state index is 12.5. The summed E-state index contributed by atoms with van der Waals surface area (Å²) in [5.74, 6) is -0.191. The Hall–Kier alpha value is -3.34. The van der Waals surface area contributed by atoms with Crippen molar-refractivity contribution < 1.29 is 4.79 Å². The van der Waals surface area contributed by atoms with Gasteiger partial charge < -0.3 is 16.0 Å². The quantitative estimate of drug-likeness (QED) is 0.716. The highest BCUT2D eigenvalue weighted by Crippen LogP contribution is 2.27. The Bertz CT molecular complexity index is 874. The van der Waals surface area contributed by atoms with Crippen LogP contribution in [0.3, 0.4) is 0 Å². The molecule has 1 aromatic heterocycles. The molecule has 0 bridgehead atoms. The van der Waals surface area contributed by atoms with Crippen molar-refractivity contribution in [2.75, 3.05) is 30.0 Å². The van der Waals surface area contributed by atoms with Crippen LogP contribution in [-0.2, 0) is 0 Å². The minimum atomic E-state index is -0.191. The van der Waals surface area contributed by atoms with Crippen molar-refractivity contribution in [2.24, 2.45) is 0 Å². The third-order valence-corrected chi connectivity index (χ3v) is 3.96. The van der Waals surface area contributed by atoms with Crippen LogP contribution < -0.4 is 16.0 Å². The fraction of sp³-hybridized carbons (Fsp3) is 0.100. The SMILES string of the molecule is CN(C)c1ccc(C(=O)Nc2cc(-c3ccncc3)ccc2N)cc1. The molecule has 5 heteroatoms. The molecule has 126 valence electrons. The molecule has 25 heavy (non-hydrogen) atoms. The van der Waals surface area contributed by atoms with Crippen LogP contribution in [0.15, 0.2) is 67.0 Å². The molecule has 3 N–H and O–H groups in total. The number of benzene rings is 2. The zero-order valence-corrected chi connectivity index (χ0v) is 14.2. The molecule has 1 heterocycles. The molecule has 0 aliphatic heterocycles. The van der Waals surface area contributed by atoms with Gasteiger partial charge in [0.25, 0.3) is 5.91 Å². The molecule has 1 amide bonds. The number of anilines is 3. The smallest absolute Gasteiger partial charge is 0.255 e. The van der Waals surface area contributed by atoms with Gasteiger partial charge in [-0.1, -0.05) is 6.07 Å². The molecule has 0 fully saturated rings. The van der Waals surface area contributed by atoms with Crippen LogP contribution in [-0.4, -0.2) is 25.0 Å². The Morgan fingerprint density at radius 3 is 2.28 bits per heavy atom. The van der Waals surface area contributed by atoms with Crippen molar-refractivity contribution >= 4 is 23.0 Å². The van der Waals surface area contributed by atoms with Crippen molar-refractivity contribution in [3.8, 4) is 11.1 Å². The average molecular weight is 332 g/mol. The lowest BCUT2D eigenvalue weighted by Gasteiger charge is -2.13. The van der Waals surface area contributed by atoms with Gasteiger partial charge in [-0.15, -0.1) is 0 Å². The van der Waals surface area contributed by atoms with Gasteiger partial charge >= 0.3 is 0 Å². The lowest BCUT2D eigenvalue weighted by molar-refractivity contribution is 0.102. The number of carbonyl (C=O) groups excluding carboxylic acids is 1. The van der Waals surface area contributed by atoms with Crippen molar-refractivity contribution in [2.45, 2.75) is 0 Å². The Morgan fingerprint density at radius 1 is 0.960 bits per heavy atom. The number of aromatic nitrogens is 1. The Labute approximate surface area is 147 Å². The lowest BCUT2D eigenvalue weighted by Crippen LogP contribution is -2.14. The predicted octanol–water partition coefficient (Wildman–Crippen LogP) is 3.65. The van der Waals surface area contributed by atoms with Gasteiger partial charge in [-0.05, 0) is 59.7 Å². The maximum atomic E-state index is 12.5. The molecule has 0 aliphatic carbocycles. The van der Waals surface area contributed by atoms with Crippen molar-refractivity contribution in [3.63, 3.8) is 0 Å². The Kier molecular flexibility index (Phi) is 4.66. The molecule has 3 aromatic rings. The summed E-state index contributed by atoms with van der Waals surface area (Å²) < 4.78 is 0. The minimum Gasteiger partial charge on any atom is -0.397 e. The number of nitrogens with two attached hydrogens (primary N) is 1. The fourth-order valence-corrected chi connectivity index (χ4v) is 2.49. The summed E-state index contributed by atoms with van der Waals surface area (Å²) in [6.07, 6.45) is 3.46. The second kappa shape index (κ2) is 7.05. The van der Waals surface area contributed by atoms with E-state index in [1.54, 1.807) is 30.6 Å². The van der Waals surface area contributed by atoms with Crippen LogP contribution in [0.25, 0.3) is 11.1 Å². The number of pyridine rings is 1. The van der Waals surface area contributed by atoms with E-state index in [0.29, 0.717) is 16.9 Å². The van der Waals surface area contributed by atoms with E-state index in [0.717, 1.165) is 16.8 Å². The Morgan fingerprint density at radius 2 is 1.64 bits per heavy atom. The van der Waals surface area contributed by atoms with Gasteiger partial charge in [0, 0.05) is 37.7 Å². The van der Waals surface area contributed by atoms with Gasteiger partial charge in [0.05, 0.1) is 11.4 Å². The number of amides is 1. The molecule has 0 aliphatic rings. The summed E-state index contributed by atoms with van der Waals surface area (Å²) in [4.78, 5) is 18.5. The summed E-state index contributed by atoms with van der Waals surface area (Å²) in [5, 5.41) is 2.89. The van der Waals surface area contributed by atoms with E-state index in [1.807, 2.05) is 55.4 Å². The molecular formula is C20H20N4O. The molecule has 0 atom stereocenters. The van der Waals surface area contributed by atoms with Gasteiger partial charge in [-0.3, -0.25) is 9.78 Å². The fourth-order valence-electron chi connectivity index (χ4n) is 2.49. The van der Waals surface area contributed by atoms with Crippen LogP contribution in [0, 0.1) is 0 Å². The van der Waals surface area contributed by atoms with Crippen molar-refractivity contribution in [3.05, 3.63) is 72.6 Å².